The Kier molecular flexibility index (Phi) is 4.76. The molecule has 0 spiro atoms. The lowest BCUT2D eigenvalue weighted by Gasteiger charge is -2.33. The fourth-order valence-corrected chi connectivity index (χ4v) is 2.35. The highest BCUT2D eigenvalue weighted by molar-refractivity contribution is 5.95. The average molecular weight is 263 g/mol. The van der Waals surface area contributed by atoms with Gasteiger partial charge < -0.3 is 20.5 Å². The zero-order chi connectivity index (χ0) is 13.7. The summed E-state index contributed by atoms with van der Waals surface area (Å²) in [6.07, 6.45) is 2.23. The Morgan fingerprint density at radius 1 is 1.32 bits per heavy atom. The van der Waals surface area contributed by atoms with E-state index in [2.05, 4.69) is 4.90 Å². The number of hydrogen-bond donors (Lipinski definition) is 3. The van der Waals surface area contributed by atoms with Gasteiger partial charge in [0.15, 0.2) is 0 Å². The van der Waals surface area contributed by atoms with Gasteiger partial charge in [0.2, 0.25) is 0 Å². The molecule has 1 aliphatic heterocycles. The average Bonchev–Trinajstić information content (AvgIpc) is 2.46. The van der Waals surface area contributed by atoms with Crippen LogP contribution in [0.5, 0.6) is 0 Å². The minimum Gasteiger partial charge on any atom is -0.394 e. The van der Waals surface area contributed by atoms with E-state index in [-0.39, 0.29) is 18.5 Å². The molecular formula is C14H21N3O2. The summed E-state index contributed by atoms with van der Waals surface area (Å²) in [4.78, 5) is 2.31. The number of nitrogens with zero attached hydrogens (tertiary/aromatic N) is 1. The quantitative estimate of drug-likeness (QED) is 0.545. The van der Waals surface area contributed by atoms with E-state index in [0.717, 1.165) is 37.2 Å². The molecular weight excluding hydrogens is 242 g/mol. The largest absolute Gasteiger partial charge is 0.394 e. The van der Waals surface area contributed by atoms with Gasteiger partial charge >= 0.3 is 0 Å². The summed E-state index contributed by atoms with van der Waals surface area (Å²) in [6.45, 7) is 2.43. The van der Waals surface area contributed by atoms with Gasteiger partial charge in [0.25, 0.3) is 0 Å². The van der Waals surface area contributed by atoms with Gasteiger partial charge in [-0.2, -0.15) is 0 Å². The first-order valence-electron chi connectivity index (χ1n) is 6.62. The van der Waals surface area contributed by atoms with E-state index < -0.39 is 0 Å². The number of nitrogens with two attached hydrogens (primary N) is 1. The monoisotopic (exact) mass is 263 g/mol. The number of aliphatic hydroxyl groups excluding tert-OH is 1. The number of hydrogen-bond acceptors (Lipinski definition) is 4. The molecule has 0 atom stereocenters. The van der Waals surface area contributed by atoms with E-state index in [9.17, 15) is 0 Å². The van der Waals surface area contributed by atoms with Crippen molar-refractivity contribution in [3.8, 4) is 0 Å². The Morgan fingerprint density at radius 3 is 2.47 bits per heavy atom. The summed E-state index contributed by atoms with van der Waals surface area (Å²) in [5, 5.41) is 16.1. The van der Waals surface area contributed by atoms with Crippen LogP contribution in [-0.2, 0) is 4.74 Å². The molecule has 0 radical (unpaired) electrons. The van der Waals surface area contributed by atoms with Crippen molar-refractivity contribution in [2.75, 3.05) is 31.2 Å². The molecule has 2 rings (SSSR count). The first-order valence-corrected chi connectivity index (χ1v) is 6.62. The number of ether oxygens (including phenoxy) is 1. The summed E-state index contributed by atoms with van der Waals surface area (Å²) >= 11 is 0. The number of anilines is 1. The van der Waals surface area contributed by atoms with Crippen LogP contribution < -0.4 is 10.6 Å². The van der Waals surface area contributed by atoms with Crippen LogP contribution in [0.3, 0.4) is 0 Å². The predicted octanol–water partition coefficient (Wildman–Crippen LogP) is 0.948. The first kappa shape index (κ1) is 13.8. The molecule has 1 aromatic carbocycles. The Bertz CT molecular complexity index is 411. The fraction of sp³-hybridized carbons (Fsp3) is 0.500. The Morgan fingerprint density at radius 2 is 1.95 bits per heavy atom. The van der Waals surface area contributed by atoms with Gasteiger partial charge in [0, 0.05) is 24.3 Å². The van der Waals surface area contributed by atoms with Crippen LogP contribution in [0.25, 0.3) is 0 Å². The minimum atomic E-state index is 0.0900. The van der Waals surface area contributed by atoms with Gasteiger partial charge in [-0.25, -0.2) is 0 Å². The number of nitrogen functional groups attached to an aromatic ring is 1. The first-order chi connectivity index (χ1) is 9.20. The molecule has 5 heteroatoms. The maximum atomic E-state index is 8.73. The van der Waals surface area contributed by atoms with Crippen molar-refractivity contribution in [1.82, 2.24) is 0 Å². The standard InChI is InChI=1S/C14H21N3O2/c15-14(16)11-1-3-12(4-2-11)17-7-5-13(6-8-17)19-10-9-18/h1-4,13,18H,5-10H2,(H3,15,16). The number of rotatable bonds is 5. The molecule has 19 heavy (non-hydrogen) atoms. The van der Waals surface area contributed by atoms with E-state index in [0.29, 0.717) is 6.61 Å². The number of benzene rings is 1. The second kappa shape index (κ2) is 6.54. The number of nitrogens with one attached hydrogen (secondary N) is 1. The van der Waals surface area contributed by atoms with E-state index in [1.165, 1.54) is 0 Å². The lowest BCUT2D eigenvalue weighted by molar-refractivity contribution is 0.0159. The number of piperidine rings is 1. The SMILES string of the molecule is N=C(N)c1ccc(N2CCC(OCCO)CC2)cc1. The van der Waals surface area contributed by atoms with Crippen molar-refractivity contribution < 1.29 is 9.84 Å². The summed E-state index contributed by atoms with van der Waals surface area (Å²) in [5.41, 5.74) is 7.35. The molecule has 5 nitrogen and oxygen atoms in total. The van der Waals surface area contributed by atoms with Crippen molar-refractivity contribution in [2.45, 2.75) is 18.9 Å². The highest BCUT2D eigenvalue weighted by Crippen LogP contribution is 2.21. The lowest BCUT2D eigenvalue weighted by Crippen LogP contribution is -2.37. The molecule has 104 valence electrons. The van der Waals surface area contributed by atoms with E-state index in [1.807, 2.05) is 24.3 Å². The van der Waals surface area contributed by atoms with Crippen molar-refractivity contribution in [3.05, 3.63) is 29.8 Å². The molecule has 0 aromatic heterocycles. The topological polar surface area (TPSA) is 82.6 Å². The second-order valence-corrected chi connectivity index (χ2v) is 4.74. The summed E-state index contributed by atoms with van der Waals surface area (Å²) in [6, 6.07) is 7.77. The van der Waals surface area contributed by atoms with Gasteiger partial charge in [-0.15, -0.1) is 0 Å². The zero-order valence-electron chi connectivity index (χ0n) is 11.0. The Labute approximate surface area is 113 Å². The Hall–Kier alpha value is -1.59. The molecule has 0 saturated carbocycles. The van der Waals surface area contributed by atoms with Crippen molar-refractivity contribution in [2.24, 2.45) is 5.73 Å². The summed E-state index contributed by atoms with van der Waals surface area (Å²) in [7, 11) is 0. The number of aliphatic hydroxyl groups is 1. The van der Waals surface area contributed by atoms with E-state index in [4.69, 9.17) is 21.0 Å². The molecule has 0 unspecified atom stereocenters. The normalized spacial score (nSPS) is 16.6. The highest BCUT2D eigenvalue weighted by atomic mass is 16.5. The van der Waals surface area contributed by atoms with Crippen LogP contribution in [-0.4, -0.2) is 43.3 Å². The Balaban J connectivity index is 1.88. The van der Waals surface area contributed by atoms with Crippen LogP contribution in [0.15, 0.2) is 24.3 Å². The third-order valence-corrected chi connectivity index (χ3v) is 3.43. The third-order valence-electron chi connectivity index (χ3n) is 3.43. The van der Waals surface area contributed by atoms with Crippen molar-refractivity contribution in [3.63, 3.8) is 0 Å². The van der Waals surface area contributed by atoms with Crippen molar-refractivity contribution in [1.29, 1.82) is 5.41 Å². The molecule has 0 bridgehead atoms. The van der Waals surface area contributed by atoms with Gasteiger partial charge in [0.1, 0.15) is 5.84 Å². The van der Waals surface area contributed by atoms with Gasteiger partial charge in [-0.3, -0.25) is 5.41 Å². The second-order valence-electron chi connectivity index (χ2n) is 4.74. The van der Waals surface area contributed by atoms with Crippen LogP contribution in [0, 0.1) is 5.41 Å². The maximum absolute atomic E-state index is 8.73. The van der Waals surface area contributed by atoms with Crippen LogP contribution in [0.1, 0.15) is 18.4 Å². The molecule has 0 amide bonds. The van der Waals surface area contributed by atoms with Crippen LogP contribution in [0.2, 0.25) is 0 Å². The van der Waals surface area contributed by atoms with Gasteiger partial charge in [-0.1, -0.05) is 0 Å². The van der Waals surface area contributed by atoms with Crippen LogP contribution >= 0.6 is 0 Å². The zero-order valence-corrected chi connectivity index (χ0v) is 11.0. The molecule has 1 heterocycles. The minimum absolute atomic E-state index is 0.0900. The third kappa shape index (κ3) is 3.68. The summed E-state index contributed by atoms with van der Waals surface area (Å²) in [5.74, 6) is 0.0997. The molecule has 0 aliphatic carbocycles. The highest BCUT2D eigenvalue weighted by Gasteiger charge is 2.19. The van der Waals surface area contributed by atoms with Gasteiger partial charge in [-0.05, 0) is 37.1 Å². The number of amidine groups is 1. The molecule has 1 aromatic rings. The van der Waals surface area contributed by atoms with Crippen LogP contribution in [0.4, 0.5) is 5.69 Å². The lowest BCUT2D eigenvalue weighted by atomic mass is 10.1. The maximum Gasteiger partial charge on any atom is 0.122 e. The smallest absolute Gasteiger partial charge is 0.122 e. The van der Waals surface area contributed by atoms with E-state index in [1.54, 1.807) is 0 Å². The van der Waals surface area contributed by atoms with Gasteiger partial charge in [0.05, 0.1) is 19.3 Å². The molecule has 1 fully saturated rings. The molecule has 1 saturated heterocycles. The molecule has 1 aliphatic rings. The van der Waals surface area contributed by atoms with Crippen molar-refractivity contribution >= 4 is 11.5 Å². The molecule has 4 N–H and O–H groups in total. The predicted molar refractivity (Wildman–Crippen MR) is 75.7 cm³/mol. The fourth-order valence-electron chi connectivity index (χ4n) is 2.35. The van der Waals surface area contributed by atoms with E-state index >= 15 is 0 Å². The summed E-state index contributed by atoms with van der Waals surface area (Å²) < 4.78 is 5.55.